The molecule has 0 spiro atoms. The number of hydrogen-bond acceptors (Lipinski definition) is 6. The third kappa shape index (κ3) is 2.62. The molecule has 0 unspecified atom stereocenters. The van der Waals surface area contributed by atoms with E-state index in [0.29, 0.717) is 21.9 Å². The molecule has 0 fully saturated rings. The lowest BCUT2D eigenvalue weighted by Crippen LogP contribution is -2.07. The highest BCUT2D eigenvalue weighted by Gasteiger charge is 2.09. The van der Waals surface area contributed by atoms with Crippen molar-refractivity contribution in [3.05, 3.63) is 34.3 Å². The minimum absolute atomic E-state index is 0.164. The van der Waals surface area contributed by atoms with Gasteiger partial charge in [0.15, 0.2) is 5.82 Å². The number of aromatic amines is 1. The topological polar surface area (TPSA) is 71.8 Å². The molecule has 0 aliphatic carbocycles. The third-order valence-corrected chi connectivity index (χ3v) is 2.85. The average Bonchev–Trinajstić information content (AvgIpc) is 3.01. The van der Waals surface area contributed by atoms with E-state index in [1.165, 1.54) is 23.8 Å². The van der Waals surface area contributed by atoms with E-state index in [1.54, 1.807) is 17.8 Å². The Morgan fingerprint density at radius 3 is 2.89 bits per heavy atom. The normalized spacial score (nSPS) is 10.1. The number of nitrogens with zero attached hydrogens (tertiary/aromatic N) is 2. The van der Waals surface area contributed by atoms with Crippen molar-refractivity contribution in [3.8, 4) is 11.7 Å². The van der Waals surface area contributed by atoms with Crippen LogP contribution in [0.4, 0.5) is 0 Å². The minimum Gasteiger partial charge on any atom is -0.442 e. The molecule has 5 nitrogen and oxygen atoms in total. The molecule has 0 atom stereocenters. The molecule has 3 aromatic heterocycles. The second kappa shape index (κ2) is 5.83. The zero-order valence-electron chi connectivity index (χ0n) is 9.84. The molecular weight excluding hydrogens is 270 g/mol. The van der Waals surface area contributed by atoms with Crippen molar-refractivity contribution in [2.45, 2.75) is 0 Å². The van der Waals surface area contributed by atoms with Gasteiger partial charge in [-0.05, 0) is 24.0 Å². The Hall–Kier alpha value is -1.60. The van der Waals surface area contributed by atoms with Gasteiger partial charge in [0, 0.05) is 0 Å². The van der Waals surface area contributed by atoms with Crippen LogP contribution < -0.4 is 5.56 Å². The third-order valence-electron chi connectivity index (χ3n) is 1.95. The predicted molar refractivity (Wildman–Crippen MR) is 75.2 cm³/mol. The van der Waals surface area contributed by atoms with Crippen LogP contribution in [0.1, 0.15) is 0 Å². The molecule has 0 aliphatic rings. The Balaban J connectivity index is 0.000000367. The lowest BCUT2D eigenvalue weighted by Gasteiger charge is -1.94. The molecule has 1 N–H and O–H groups in total. The maximum Gasteiger partial charge on any atom is 0.269 e. The molecule has 18 heavy (non-hydrogen) atoms. The fraction of sp³-hybridized carbons (Fsp3) is 0.182. The fourth-order valence-corrected chi connectivity index (χ4v) is 2.04. The first kappa shape index (κ1) is 12.8. The molecule has 0 amide bonds. The van der Waals surface area contributed by atoms with Gasteiger partial charge in [-0.2, -0.15) is 11.8 Å². The number of thiophene rings is 1. The Labute approximate surface area is 111 Å². The van der Waals surface area contributed by atoms with Crippen LogP contribution in [0.2, 0.25) is 0 Å². The Morgan fingerprint density at radius 2 is 2.22 bits per heavy atom. The Morgan fingerprint density at radius 1 is 1.44 bits per heavy atom. The van der Waals surface area contributed by atoms with Gasteiger partial charge in [-0.25, -0.2) is 9.97 Å². The highest BCUT2D eigenvalue weighted by Crippen LogP contribution is 2.17. The summed E-state index contributed by atoms with van der Waals surface area (Å²) in [5.41, 5.74) is 0.500. The first-order valence-electron chi connectivity index (χ1n) is 5.03. The molecule has 0 aromatic carbocycles. The summed E-state index contributed by atoms with van der Waals surface area (Å²) < 4.78 is 5.68. The van der Waals surface area contributed by atoms with Crippen LogP contribution >= 0.6 is 23.1 Å². The summed E-state index contributed by atoms with van der Waals surface area (Å²) in [6, 6.07) is 1.79. The van der Waals surface area contributed by atoms with Crippen LogP contribution in [0.15, 0.2) is 33.1 Å². The van der Waals surface area contributed by atoms with Crippen LogP contribution in [-0.2, 0) is 0 Å². The van der Waals surface area contributed by atoms with E-state index in [1.807, 2.05) is 17.9 Å². The number of hydrogen-bond donors (Lipinski definition) is 1. The molecule has 0 saturated carbocycles. The van der Waals surface area contributed by atoms with Gasteiger partial charge in [0.25, 0.3) is 11.4 Å². The van der Waals surface area contributed by atoms with Crippen LogP contribution in [0.25, 0.3) is 21.9 Å². The van der Waals surface area contributed by atoms with E-state index >= 15 is 0 Å². The van der Waals surface area contributed by atoms with Crippen molar-refractivity contribution in [1.82, 2.24) is 15.0 Å². The van der Waals surface area contributed by atoms with E-state index < -0.39 is 0 Å². The molecule has 0 radical (unpaired) electrons. The molecule has 7 heteroatoms. The van der Waals surface area contributed by atoms with Crippen molar-refractivity contribution < 1.29 is 4.42 Å². The standard InChI is InChI=1S/C9H5N3O2S.C2H6S/c13-8-6-5(1-4-15-6)11-7(12-8)9-10-2-3-14-9;1-3-2/h1-4H,(H,11,12,13);1-2H3. The lowest BCUT2D eigenvalue weighted by molar-refractivity contribution is 0.569. The quantitative estimate of drug-likeness (QED) is 0.742. The highest BCUT2D eigenvalue weighted by atomic mass is 32.2. The number of H-pyrrole nitrogens is 1. The van der Waals surface area contributed by atoms with Gasteiger partial charge in [0.2, 0.25) is 0 Å². The first-order chi connectivity index (χ1) is 8.76. The summed E-state index contributed by atoms with van der Waals surface area (Å²) in [7, 11) is 0. The van der Waals surface area contributed by atoms with Crippen LogP contribution in [-0.4, -0.2) is 27.5 Å². The number of aromatic nitrogens is 3. The van der Waals surface area contributed by atoms with Gasteiger partial charge >= 0.3 is 0 Å². The van der Waals surface area contributed by atoms with Crippen LogP contribution in [0, 0.1) is 0 Å². The van der Waals surface area contributed by atoms with E-state index in [2.05, 4.69) is 15.0 Å². The zero-order valence-corrected chi connectivity index (χ0v) is 11.5. The monoisotopic (exact) mass is 281 g/mol. The number of fused-ring (bicyclic) bond motifs is 1. The minimum atomic E-state index is -0.164. The van der Waals surface area contributed by atoms with E-state index in [-0.39, 0.29) is 5.56 Å². The van der Waals surface area contributed by atoms with Gasteiger partial charge in [0.1, 0.15) is 11.0 Å². The Bertz CT molecular complexity index is 673. The first-order valence-corrected chi connectivity index (χ1v) is 7.55. The van der Waals surface area contributed by atoms with E-state index in [0.717, 1.165) is 0 Å². The maximum absolute atomic E-state index is 11.6. The molecule has 0 saturated heterocycles. The summed E-state index contributed by atoms with van der Waals surface area (Å²) >= 11 is 3.11. The predicted octanol–water partition coefficient (Wildman–Crippen LogP) is 2.62. The SMILES string of the molecule is CSC.O=c1[nH]c(-c2ncco2)nc2ccsc12. The number of nitrogens with one attached hydrogen (secondary N) is 1. The number of oxazole rings is 1. The molecule has 94 valence electrons. The average molecular weight is 281 g/mol. The van der Waals surface area contributed by atoms with E-state index in [9.17, 15) is 4.79 Å². The summed E-state index contributed by atoms with van der Waals surface area (Å²) in [5, 5.41) is 1.83. The molecule has 0 bridgehead atoms. The summed E-state index contributed by atoms with van der Waals surface area (Å²) in [6.07, 6.45) is 7.03. The molecule has 3 heterocycles. The lowest BCUT2D eigenvalue weighted by atomic mass is 10.4. The second-order valence-electron chi connectivity index (χ2n) is 3.30. The Kier molecular flexibility index (Phi) is 4.16. The summed E-state index contributed by atoms with van der Waals surface area (Å²) in [4.78, 5) is 22.4. The van der Waals surface area contributed by atoms with Gasteiger partial charge in [-0.3, -0.25) is 4.79 Å². The van der Waals surface area contributed by atoms with Gasteiger partial charge in [-0.1, -0.05) is 0 Å². The van der Waals surface area contributed by atoms with Crippen molar-refractivity contribution in [2.75, 3.05) is 12.5 Å². The fourth-order valence-electron chi connectivity index (χ4n) is 1.31. The van der Waals surface area contributed by atoms with E-state index in [4.69, 9.17) is 4.42 Å². The van der Waals surface area contributed by atoms with Gasteiger partial charge in [0.05, 0.1) is 11.7 Å². The van der Waals surface area contributed by atoms with Crippen LogP contribution in [0.3, 0.4) is 0 Å². The highest BCUT2D eigenvalue weighted by molar-refractivity contribution is 7.97. The maximum atomic E-state index is 11.6. The zero-order chi connectivity index (χ0) is 13.0. The molecule has 3 rings (SSSR count). The van der Waals surface area contributed by atoms with Crippen molar-refractivity contribution in [1.29, 1.82) is 0 Å². The molecular formula is C11H11N3O2S2. The summed E-state index contributed by atoms with van der Waals surface area (Å²) in [6.45, 7) is 0. The molecule has 3 aromatic rings. The summed E-state index contributed by atoms with van der Waals surface area (Å²) in [5.74, 6) is 0.677. The smallest absolute Gasteiger partial charge is 0.269 e. The van der Waals surface area contributed by atoms with Gasteiger partial charge in [-0.15, -0.1) is 11.3 Å². The largest absolute Gasteiger partial charge is 0.442 e. The van der Waals surface area contributed by atoms with Crippen molar-refractivity contribution in [3.63, 3.8) is 0 Å². The van der Waals surface area contributed by atoms with Crippen molar-refractivity contribution >= 4 is 33.3 Å². The van der Waals surface area contributed by atoms with Crippen LogP contribution in [0.5, 0.6) is 0 Å². The number of rotatable bonds is 1. The van der Waals surface area contributed by atoms with Crippen molar-refractivity contribution in [2.24, 2.45) is 0 Å². The van der Waals surface area contributed by atoms with Gasteiger partial charge < -0.3 is 9.40 Å². The number of thioether (sulfide) groups is 1. The second-order valence-corrected chi connectivity index (χ2v) is 5.03. The molecule has 0 aliphatic heterocycles.